The molecule has 2 heterocycles. The lowest BCUT2D eigenvalue weighted by atomic mass is 9.87. The zero-order valence-electron chi connectivity index (χ0n) is 16.4. The Morgan fingerprint density at radius 1 is 1.29 bits per heavy atom. The first kappa shape index (κ1) is 18.6. The van der Waals surface area contributed by atoms with Gasteiger partial charge in [-0.3, -0.25) is 9.69 Å². The quantitative estimate of drug-likeness (QED) is 0.735. The Balaban J connectivity index is 1.74. The SMILES string of the molecule is COc1c2c(cc3c1C(CC(OC(C)=O)c1ccccc1)N(C)CC3)OCO2. The smallest absolute Gasteiger partial charge is 0.303 e. The molecule has 148 valence electrons. The van der Waals surface area contributed by atoms with E-state index >= 15 is 0 Å². The molecule has 0 aromatic heterocycles. The summed E-state index contributed by atoms with van der Waals surface area (Å²) in [7, 11) is 3.75. The maximum atomic E-state index is 11.8. The highest BCUT2D eigenvalue weighted by Crippen LogP contribution is 2.51. The van der Waals surface area contributed by atoms with Crippen LogP contribution in [0.2, 0.25) is 0 Å². The van der Waals surface area contributed by atoms with Crippen molar-refractivity contribution in [1.82, 2.24) is 4.90 Å². The van der Waals surface area contributed by atoms with E-state index in [4.69, 9.17) is 18.9 Å². The van der Waals surface area contributed by atoms with E-state index in [1.807, 2.05) is 30.3 Å². The topological polar surface area (TPSA) is 57.2 Å². The number of likely N-dealkylation sites (N-methyl/N-ethyl adjacent to an activating group) is 1. The Morgan fingerprint density at radius 2 is 2.07 bits per heavy atom. The molecule has 28 heavy (non-hydrogen) atoms. The summed E-state index contributed by atoms with van der Waals surface area (Å²) in [6, 6.07) is 12.0. The van der Waals surface area contributed by atoms with Crippen LogP contribution in [0.15, 0.2) is 36.4 Å². The number of fused-ring (bicyclic) bond motifs is 2. The van der Waals surface area contributed by atoms with Crippen molar-refractivity contribution in [2.24, 2.45) is 0 Å². The van der Waals surface area contributed by atoms with Gasteiger partial charge >= 0.3 is 5.97 Å². The van der Waals surface area contributed by atoms with Crippen molar-refractivity contribution in [3.05, 3.63) is 53.1 Å². The number of rotatable bonds is 5. The summed E-state index contributed by atoms with van der Waals surface area (Å²) < 4.78 is 22.7. The van der Waals surface area contributed by atoms with Crippen LogP contribution >= 0.6 is 0 Å². The van der Waals surface area contributed by atoms with Gasteiger partial charge in [-0.25, -0.2) is 0 Å². The average Bonchev–Trinajstić information content (AvgIpc) is 3.16. The predicted molar refractivity (Wildman–Crippen MR) is 104 cm³/mol. The fourth-order valence-electron chi connectivity index (χ4n) is 4.15. The standard InChI is InChI=1S/C22H25NO5/c1-14(24)28-18(15-7-5-4-6-8-15)12-17-20-16(9-10-23(17)2)11-19-21(22(20)25-3)27-13-26-19/h4-8,11,17-18H,9-10,12-13H2,1-3H3. The number of carbonyl (C=O) groups is 1. The third kappa shape index (κ3) is 3.40. The lowest BCUT2D eigenvalue weighted by Gasteiger charge is -2.37. The number of ether oxygens (including phenoxy) is 4. The first-order valence-electron chi connectivity index (χ1n) is 9.50. The van der Waals surface area contributed by atoms with Gasteiger partial charge in [0.25, 0.3) is 0 Å². The minimum absolute atomic E-state index is 0.0257. The van der Waals surface area contributed by atoms with Gasteiger partial charge < -0.3 is 18.9 Å². The summed E-state index contributed by atoms with van der Waals surface area (Å²) in [5, 5.41) is 0. The Bertz CT molecular complexity index is 867. The van der Waals surface area contributed by atoms with Gasteiger partial charge in [0, 0.05) is 31.5 Å². The van der Waals surface area contributed by atoms with Gasteiger partial charge in [-0.15, -0.1) is 0 Å². The maximum Gasteiger partial charge on any atom is 0.303 e. The van der Waals surface area contributed by atoms with Crippen molar-refractivity contribution in [2.45, 2.75) is 31.9 Å². The van der Waals surface area contributed by atoms with Crippen LogP contribution in [0, 0.1) is 0 Å². The zero-order valence-corrected chi connectivity index (χ0v) is 16.4. The largest absolute Gasteiger partial charge is 0.492 e. The second-order valence-electron chi connectivity index (χ2n) is 7.21. The number of hydrogen-bond donors (Lipinski definition) is 0. The molecule has 0 aliphatic carbocycles. The van der Waals surface area contributed by atoms with Crippen molar-refractivity contribution in [2.75, 3.05) is 27.5 Å². The summed E-state index contributed by atoms with van der Waals surface area (Å²) in [6.45, 7) is 2.56. The molecule has 4 rings (SSSR count). The van der Waals surface area contributed by atoms with Crippen molar-refractivity contribution in [3.8, 4) is 17.2 Å². The summed E-state index contributed by atoms with van der Waals surface area (Å²) in [5.41, 5.74) is 3.27. The fraction of sp³-hybridized carbons (Fsp3) is 0.409. The molecule has 6 heteroatoms. The minimum atomic E-state index is -0.341. The third-order valence-electron chi connectivity index (χ3n) is 5.46. The van der Waals surface area contributed by atoms with Gasteiger partial charge in [-0.05, 0) is 30.7 Å². The first-order valence-corrected chi connectivity index (χ1v) is 9.50. The van der Waals surface area contributed by atoms with Crippen LogP contribution in [0.25, 0.3) is 0 Å². The van der Waals surface area contributed by atoms with E-state index in [0.717, 1.165) is 35.6 Å². The summed E-state index contributed by atoms with van der Waals surface area (Å²) in [5.74, 6) is 1.82. The molecule has 0 radical (unpaired) electrons. The van der Waals surface area contributed by atoms with Crippen LogP contribution in [-0.4, -0.2) is 38.4 Å². The molecule has 0 spiro atoms. The summed E-state index contributed by atoms with van der Waals surface area (Å²) in [6.07, 6.45) is 1.19. The highest BCUT2D eigenvalue weighted by atomic mass is 16.7. The molecule has 6 nitrogen and oxygen atoms in total. The van der Waals surface area contributed by atoms with E-state index in [1.54, 1.807) is 7.11 Å². The number of carbonyl (C=O) groups excluding carboxylic acids is 1. The Morgan fingerprint density at radius 3 is 2.79 bits per heavy atom. The molecular formula is C22H25NO5. The first-order chi connectivity index (χ1) is 13.6. The molecule has 0 saturated carbocycles. The third-order valence-corrected chi connectivity index (χ3v) is 5.46. The number of methoxy groups -OCH3 is 1. The summed E-state index contributed by atoms with van der Waals surface area (Å²) in [4.78, 5) is 14.1. The maximum absolute atomic E-state index is 11.8. The molecule has 2 aliphatic heterocycles. The van der Waals surface area contributed by atoms with Crippen molar-refractivity contribution < 1.29 is 23.7 Å². The molecule has 0 amide bonds. The molecule has 2 aliphatic rings. The van der Waals surface area contributed by atoms with Crippen LogP contribution in [0.1, 0.15) is 42.2 Å². The highest BCUT2D eigenvalue weighted by molar-refractivity contribution is 5.66. The molecular weight excluding hydrogens is 358 g/mol. The van der Waals surface area contributed by atoms with E-state index in [0.29, 0.717) is 12.2 Å². The predicted octanol–water partition coefficient (Wildman–Crippen LogP) is 3.65. The lowest BCUT2D eigenvalue weighted by molar-refractivity contribution is -0.147. The van der Waals surface area contributed by atoms with E-state index in [-0.39, 0.29) is 24.9 Å². The molecule has 0 N–H and O–H groups in total. The van der Waals surface area contributed by atoms with Crippen LogP contribution in [0.3, 0.4) is 0 Å². The van der Waals surface area contributed by atoms with E-state index in [9.17, 15) is 4.79 Å². The molecule has 2 unspecified atom stereocenters. The van der Waals surface area contributed by atoms with Crippen LogP contribution in [-0.2, 0) is 16.0 Å². The van der Waals surface area contributed by atoms with Crippen molar-refractivity contribution in [1.29, 1.82) is 0 Å². The van der Waals surface area contributed by atoms with E-state index in [1.165, 1.54) is 12.5 Å². The normalized spacial score (nSPS) is 19.0. The van der Waals surface area contributed by atoms with Gasteiger partial charge in [-0.2, -0.15) is 0 Å². The van der Waals surface area contributed by atoms with E-state index < -0.39 is 0 Å². The molecule has 0 fully saturated rings. The zero-order chi connectivity index (χ0) is 19.7. The van der Waals surface area contributed by atoms with Gasteiger partial charge in [0.15, 0.2) is 11.5 Å². The Hall–Kier alpha value is -2.73. The molecule has 2 atom stereocenters. The van der Waals surface area contributed by atoms with Gasteiger partial charge in [0.2, 0.25) is 12.5 Å². The van der Waals surface area contributed by atoms with Gasteiger partial charge in [-0.1, -0.05) is 30.3 Å². The average molecular weight is 383 g/mol. The molecule has 0 saturated heterocycles. The lowest BCUT2D eigenvalue weighted by Crippen LogP contribution is -2.34. The molecule has 2 aromatic carbocycles. The van der Waals surface area contributed by atoms with Gasteiger partial charge in [0.05, 0.1) is 7.11 Å². The number of hydrogen-bond acceptors (Lipinski definition) is 6. The number of nitrogens with zero attached hydrogens (tertiary/aromatic N) is 1. The molecule has 0 bridgehead atoms. The van der Waals surface area contributed by atoms with Crippen LogP contribution in [0.4, 0.5) is 0 Å². The van der Waals surface area contributed by atoms with Crippen molar-refractivity contribution >= 4 is 5.97 Å². The van der Waals surface area contributed by atoms with Crippen LogP contribution < -0.4 is 14.2 Å². The second kappa shape index (κ2) is 7.72. The van der Waals surface area contributed by atoms with Crippen LogP contribution in [0.5, 0.6) is 17.2 Å². The van der Waals surface area contributed by atoms with Gasteiger partial charge in [0.1, 0.15) is 6.10 Å². The number of benzene rings is 2. The molecule has 2 aromatic rings. The minimum Gasteiger partial charge on any atom is -0.492 e. The second-order valence-corrected chi connectivity index (χ2v) is 7.21. The Kier molecular flexibility index (Phi) is 5.13. The Labute approximate surface area is 165 Å². The highest BCUT2D eigenvalue weighted by Gasteiger charge is 2.36. The van der Waals surface area contributed by atoms with E-state index in [2.05, 4.69) is 18.0 Å². The monoisotopic (exact) mass is 383 g/mol. The number of esters is 1. The fourth-order valence-corrected chi connectivity index (χ4v) is 4.15. The summed E-state index contributed by atoms with van der Waals surface area (Å²) >= 11 is 0. The van der Waals surface area contributed by atoms with Crippen molar-refractivity contribution in [3.63, 3.8) is 0 Å².